The highest BCUT2D eigenvalue weighted by Gasteiger charge is 2.18. The molecule has 0 aliphatic carbocycles. The van der Waals surface area contributed by atoms with Gasteiger partial charge in [0.15, 0.2) is 5.82 Å². The Morgan fingerprint density at radius 1 is 1.08 bits per heavy atom. The van der Waals surface area contributed by atoms with E-state index in [0.717, 1.165) is 62.1 Å². The van der Waals surface area contributed by atoms with Gasteiger partial charge >= 0.3 is 0 Å². The van der Waals surface area contributed by atoms with Gasteiger partial charge in [0.25, 0.3) is 0 Å². The largest absolute Gasteiger partial charge is 0.337 e. The summed E-state index contributed by atoms with van der Waals surface area (Å²) in [5, 5.41) is 4.70. The minimum Gasteiger partial charge on any atom is -0.337 e. The highest BCUT2D eigenvalue weighted by Crippen LogP contribution is 2.17. The minimum absolute atomic E-state index is 0.834. The lowest BCUT2D eigenvalue weighted by Gasteiger charge is -2.17. The summed E-state index contributed by atoms with van der Waals surface area (Å²) in [5.41, 5.74) is 2.22. The van der Waals surface area contributed by atoms with Gasteiger partial charge in [-0.2, -0.15) is 5.10 Å². The van der Waals surface area contributed by atoms with E-state index in [1.54, 1.807) is 0 Å². The van der Waals surface area contributed by atoms with Crippen LogP contribution in [0.25, 0.3) is 11.4 Å². The van der Waals surface area contributed by atoms with Crippen LogP contribution in [0.1, 0.15) is 18.4 Å². The molecule has 6 heteroatoms. The van der Waals surface area contributed by atoms with Crippen molar-refractivity contribution in [1.82, 2.24) is 29.2 Å². The molecule has 0 bridgehead atoms. The maximum atomic E-state index is 4.75. The molecule has 1 aliphatic heterocycles. The Labute approximate surface area is 141 Å². The summed E-state index contributed by atoms with van der Waals surface area (Å²) in [6.07, 6.45) is 4.97. The van der Waals surface area contributed by atoms with Crippen molar-refractivity contribution in [3.63, 3.8) is 0 Å². The van der Waals surface area contributed by atoms with E-state index in [9.17, 15) is 0 Å². The first-order valence-electron chi connectivity index (χ1n) is 8.54. The van der Waals surface area contributed by atoms with Gasteiger partial charge in [-0.25, -0.2) is 14.6 Å². The van der Waals surface area contributed by atoms with E-state index in [1.807, 2.05) is 24.5 Å². The Balaban J connectivity index is 1.44. The molecule has 6 nitrogen and oxygen atoms in total. The number of aryl methyl sites for hydroxylation is 1. The molecule has 124 valence electrons. The second-order valence-electron chi connectivity index (χ2n) is 6.16. The SMILES string of the molecule is CCn1cnc(CN2CCc3nc(-c4ccccc4)nn3CC2)c1. The van der Waals surface area contributed by atoms with E-state index < -0.39 is 0 Å². The molecule has 3 aromatic rings. The lowest BCUT2D eigenvalue weighted by molar-refractivity contribution is 0.266. The number of benzene rings is 1. The Morgan fingerprint density at radius 3 is 2.75 bits per heavy atom. The van der Waals surface area contributed by atoms with Crippen LogP contribution in [0, 0.1) is 0 Å². The maximum absolute atomic E-state index is 4.75. The number of fused-ring (bicyclic) bond motifs is 1. The molecule has 0 unspecified atom stereocenters. The van der Waals surface area contributed by atoms with E-state index in [0.29, 0.717) is 0 Å². The predicted octanol–water partition coefficient (Wildman–Crippen LogP) is 2.22. The van der Waals surface area contributed by atoms with Gasteiger partial charge in [0.05, 0.1) is 18.6 Å². The van der Waals surface area contributed by atoms with Crippen LogP contribution in [0.5, 0.6) is 0 Å². The number of nitrogens with zero attached hydrogens (tertiary/aromatic N) is 6. The first kappa shape index (κ1) is 15.1. The summed E-state index contributed by atoms with van der Waals surface area (Å²) in [7, 11) is 0. The second kappa shape index (κ2) is 6.57. The van der Waals surface area contributed by atoms with Crippen LogP contribution in [0.3, 0.4) is 0 Å². The topological polar surface area (TPSA) is 51.8 Å². The summed E-state index contributed by atoms with van der Waals surface area (Å²) < 4.78 is 4.18. The molecule has 0 radical (unpaired) electrons. The van der Waals surface area contributed by atoms with E-state index >= 15 is 0 Å². The predicted molar refractivity (Wildman–Crippen MR) is 92.3 cm³/mol. The van der Waals surface area contributed by atoms with Gasteiger partial charge in [-0.1, -0.05) is 30.3 Å². The van der Waals surface area contributed by atoms with Gasteiger partial charge in [-0.05, 0) is 6.92 Å². The average molecular weight is 322 g/mol. The lowest BCUT2D eigenvalue weighted by Crippen LogP contribution is -2.26. The molecule has 2 aromatic heterocycles. The molecular formula is C18H22N6. The zero-order valence-electron chi connectivity index (χ0n) is 14.0. The van der Waals surface area contributed by atoms with Gasteiger partial charge in [-0.15, -0.1) is 0 Å². The van der Waals surface area contributed by atoms with E-state index in [-0.39, 0.29) is 0 Å². The van der Waals surface area contributed by atoms with E-state index in [4.69, 9.17) is 10.1 Å². The summed E-state index contributed by atoms with van der Waals surface area (Å²) in [5.74, 6) is 1.91. The molecule has 0 saturated heterocycles. The van der Waals surface area contributed by atoms with Crippen LogP contribution in [0.15, 0.2) is 42.9 Å². The molecular weight excluding hydrogens is 300 g/mol. The highest BCUT2D eigenvalue weighted by molar-refractivity contribution is 5.54. The third-order valence-electron chi connectivity index (χ3n) is 4.50. The molecule has 0 fully saturated rings. The normalized spacial score (nSPS) is 15.2. The Morgan fingerprint density at radius 2 is 1.96 bits per heavy atom. The quantitative estimate of drug-likeness (QED) is 0.739. The van der Waals surface area contributed by atoms with Crippen molar-refractivity contribution in [3.05, 3.63) is 54.4 Å². The fraction of sp³-hybridized carbons (Fsp3) is 0.389. The first-order chi connectivity index (χ1) is 11.8. The number of hydrogen-bond donors (Lipinski definition) is 0. The standard InChI is InChI=1S/C18H22N6/c1-2-22-12-16(19-14-22)13-23-9-8-17-20-18(21-24(17)11-10-23)15-6-4-3-5-7-15/h3-7,12,14H,2,8-11,13H2,1H3. The first-order valence-corrected chi connectivity index (χ1v) is 8.54. The lowest BCUT2D eigenvalue weighted by atomic mass is 10.2. The van der Waals surface area contributed by atoms with Gasteiger partial charge in [0.1, 0.15) is 5.82 Å². The summed E-state index contributed by atoms with van der Waals surface area (Å²) >= 11 is 0. The maximum Gasteiger partial charge on any atom is 0.181 e. The molecule has 0 spiro atoms. The smallest absolute Gasteiger partial charge is 0.181 e. The molecule has 1 aliphatic rings. The third-order valence-corrected chi connectivity index (χ3v) is 4.50. The molecule has 3 heterocycles. The minimum atomic E-state index is 0.834. The van der Waals surface area contributed by atoms with Crippen LogP contribution in [-0.2, 0) is 26.1 Å². The van der Waals surface area contributed by atoms with Crippen LogP contribution in [0.4, 0.5) is 0 Å². The van der Waals surface area contributed by atoms with Crippen molar-refractivity contribution in [2.45, 2.75) is 33.0 Å². The Bertz CT molecular complexity index is 779. The number of aromatic nitrogens is 5. The van der Waals surface area contributed by atoms with Crippen molar-refractivity contribution < 1.29 is 0 Å². The van der Waals surface area contributed by atoms with Crippen LogP contribution < -0.4 is 0 Å². The Hall–Kier alpha value is -2.47. The highest BCUT2D eigenvalue weighted by atomic mass is 15.4. The molecule has 24 heavy (non-hydrogen) atoms. The van der Waals surface area contributed by atoms with Gasteiger partial charge in [-0.3, -0.25) is 4.90 Å². The second-order valence-corrected chi connectivity index (χ2v) is 6.16. The number of imidazole rings is 1. The molecule has 0 atom stereocenters. The fourth-order valence-electron chi connectivity index (χ4n) is 3.10. The van der Waals surface area contributed by atoms with Crippen LogP contribution in [-0.4, -0.2) is 42.3 Å². The van der Waals surface area contributed by atoms with E-state index in [2.05, 4.69) is 44.4 Å². The summed E-state index contributed by atoms with van der Waals surface area (Å²) in [6.45, 7) is 6.84. The average Bonchev–Trinajstić information content (AvgIpc) is 3.20. The Kier molecular flexibility index (Phi) is 4.13. The van der Waals surface area contributed by atoms with Gasteiger partial charge in [0, 0.05) is 44.4 Å². The van der Waals surface area contributed by atoms with Crippen molar-refractivity contribution in [3.8, 4) is 11.4 Å². The molecule has 0 saturated carbocycles. The van der Waals surface area contributed by atoms with Gasteiger partial charge < -0.3 is 4.57 Å². The van der Waals surface area contributed by atoms with Crippen LogP contribution in [0.2, 0.25) is 0 Å². The van der Waals surface area contributed by atoms with Crippen LogP contribution >= 0.6 is 0 Å². The number of rotatable bonds is 4. The van der Waals surface area contributed by atoms with Crippen molar-refractivity contribution in [2.75, 3.05) is 13.1 Å². The van der Waals surface area contributed by atoms with Crippen molar-refractivity contribution >= 4 is 0 Å². The molecule has 4 rings (SSSR count). The monoisotopic (exact) mass is 322 g/mol. The molecule has 1 aromatic carbocycles. The fourth-order valence-corrected chi connectivity index (χ4v) is 3.10. The molecule has 0 amide bonds. The van der Waals surface area contributed by atoms with Crippen molar-refractivity contribution in [1.29, 1.82) is 0 Å². The summed E-state index contributed by atoms with van der Waals surface area (Å²) in [6, 6.07) is 10.2. The zero-order valence-corrected chi connectivity index (χ0v) is 14.0. The van der Waals surface area contributed by atoms with Crippen molar-refractivity contribution in [2.24, 2.45) is 0 Å². The van der Waals surface area contributed by atoms with Gasteiger partial charge in [0.2, 0.25) is 0 Å². The third kappa shape index (κ3) is 3.10. The van der Waals surface area contributed by atoms with E-state index in [1.165, 1.54) is 0 Å². The number of hydrogen-bond acceptors (Lipinski definition) is 4. The zero-order chi connectivity index (χ0) is 16.4. The molecule has 0 N–H and O–H groups in total. The summed E-state index contributed by atoms with van der Waals surface area (Å²) in [4.78, 5) is 11.7.